The predicted molar refractivity (Wildman–Crippen MR) is 106 cm³/mol. The highest BCUT2D eigenvalue weighted by molar-refractivity contribution is 7.17. The van der Waals surface area contributed by atoms with Gasteiger partial charge in [-0.2, -0.15) is 0 Å². The van der Waals surface area contributed by atoms with Crippen molar-refractivity contribution in [2.75, 3.05) is 24.6 Å². The van der Waals surface area contributed by atoms with E-state index in [0.717, 1.165) is 11.3 Å². The Balaban J connectivity index is 1.71. The molecular formula is C17H20ClF2N5O4S. The van der Waals surface area contributed by atoms with E-state index in [1.165, 1.54) is 6.20 Å². The van der Waals surface area contributed by atoms with Crippen LogP contribution in [0.3, 0.4) is 0 Å². The summed E-state index contributed by atoms with van der Waals surface area (Å²) in [4.78, 5) is 36.4. The third-order valence-electron chi connectivity index (χ3n) is 4.58. The van der Waals surface area contributed by atoms with Gasteiger partial charge in [-0.1, -0.05) is 29.9 Å². The van der Waals surface area contributed by atoms with Gasteiger partial charge in [-0.3, -0.25) is 4.79 Å². The number of aromatic carboxylic acids is 1. The molecule has 1 aliphatic heterocycles. The molecule has 1 amide bonds. The number of hydrogen-bond acceptors (Lipinski definition) is 7. The summed E-state index contributed by atoms with van der Waals surface area (Å²) in [5.41, 5.74) is 0.625. The number of anilines is 1. The molecule has 2 aromatic heterocycles. The average Bonchev–Trinajstić information content (AvgIpc) is 3.34. The standard InChI is InChI=1S/C17H20ClF2N5O4S/c1-2-8-13(18)24-14(22-8)15(26)23-9-3-4-25(6-10(9)29-7-12(19)20)17-21-5-11(30-17)16(27)28/h5,9-10,12H,2-4,6-7H2,1H3,(H,22,24)(H,23,26)(H,27,28)/t9-,10+/m1/s1. The summed E-state index contributed by atoms with van der Waals surface area (Å²) in [6.07, 6.45) is -1.20. The molecule has 30 heavy (non-hydrogen) atoms. The van der Waals surface area contributed by atoms with Crippen LogP contribution in [0.2, 0.25) is 5.15 Å². The fourth-order valence-electron chi connectivity index (χ4n) is 3.10. The van der Waals surface area contributed by atoms with Crippen molar-refractivity contribution in [3.8, 4) is 0 Å². The number of halogens is 3. The molecule has 0 spiro atoms. The lowest BCUT2D eigenvalue weighted by atomic mass is 10.0. The molecule has 164 valence electrons. The number of nitrogens with one attached hydrogen (secondary N) is 2. The molecule has 3 N–H and O–H groups in total. The predicted octanol–water partition coefficient (Wildman–Crippen LogP) is 2.44. The lowest BCUT2D eigenvalue weighted by Gasteiger charge is -2.38. The van der Waals surface area contributed by atoms with E-state index in [9.17, 15) is 18.4 Å². The van der Waals surface area contributed by atoms with Gasteiger partial charge in [0, 0.05) is 13.1 Å². The van der Waals surface area contributed by atoms with E-state index in [1.54, 1.807) is 4.90 Å². The van der Waals surface area contributed by atoms with Crippen LogP contribution in [0.4, 0.5) is 13.9 Å². The highest BCUT2D eigenvalue weighted by Crippen LogP contribution is 2.27. The molecule has 0 radical (unpaired) electrons. The summed E-state index contributed by atoms with van der Waals surface area (Å²) in [5, 5.41) is 12.5. The Kier molecular flexibility index (Phi) is 7.21. The molecule has 1 aliphatic rings. The van der Waals surface area contributed by atoms with E-state index >= 15 is 0 Å². The molecule has 0 aromatic carbocycles. The number of aryl methyl sites for hydroxylation is 1. The number of aromatic amines is 1. The van der Waals surface area contributed by atoms with E-state index in [0.29, 0.717) is 30.2 Å². The number of thiazole rings is 1. The smallest absolute Gasteiger partial charge is 0.347 e. The molecular weight excluding hydrogens is 444 g/mol. The molecule has 3 rings (SSSR count). The Bertz CT molecular complexity index is 909. The number of hydrogen-bond donors (Lipinski definition) is 3. The third kappa shape index (κ3) is 5.24. The summed E-state index contributed by atoms with van der Waals surface area (Å²) in [6, 6.07) is -0.541. The SMILES string of the molecule is CCc1[nH]c(C(=O)N[C@@H]2CCN(c3ncc(C(=O)O)s3)C[C@@H]2OCC(F)F)nc1Cl. The second-order valence-corrected chi connectivity index (χ2v) is 7.97. The molecule has 1 fully saturated rings. The molecule has 0 aliphatic carbocycles. The summed E-state index contributed by atoms with van der Waals surface area (Å²) in [6.45, 7) is 1.68. The number of alkyl halides is 2. The number of H-pyrrole nitrogens is 1. The number of rotatable bonds is 8. The van der Waals surface area contributed by atoms with Gasteiger partial charge in [0.15, 0.2) is 16.1 Å². The summed E-state index contributed by atoms with van der Waals surface area (Å²) in [7, 11) is 0. The maximum absolute atomic E-state index is 12.7. The first kappa shape index (κ1) is 22.4. The third-order valence-corrected chi connectivity index (χ3v) is 5.94. The number of carbonyl (C=O) groups is 2. The number of amides is 1. The molecule has 13 heteroatoms. The Labute approximate surface area is 179 Å². The molecule has 0 saturated carbocycles. The largest absolute Gasteiger partial charge is 0.477 e. The fraction of sp³-hybridized carbons (Fsp3) is 0.529. The van der Waals surface area contributed by atoms with Crippen LogP contribution in [0.15, 0.2) is 6.20 Å². The van der Waals surface area contributed by atoms with Crippen LogP contribution in [0.1, 0.15) is 39.3 Å². The van der Waals surface area contributed by atoms with Gasteiger partial charge in [-0.05, 0) is 12.8 Å². The summed E-state index contributed by atoms with van der Waals surface area (Å²) in [5.74, 6) is -1.56. The van der Waals surface area contributed by atoms with Crippen molar-refractivity contribution < 1.29 is 28.2 Å². The van der Waals surface area contributed by atoms with Gasteiger partial charge >= 0.3 is 5.97 Å². The highest BCUT2D eigenvalue weighted by atomic mass is 35.5. The van der Waals surface area contributed by atoms with Gasteiger partial charge in [0.25, 0.3) is 12.3 Å². The molecule has 0 bridgehead atoms. The summed E-state index contributed by atoms with van der Waals surface area (Å²) >= 11 is 6.96. The minimum absolute atomic E-state index is 0.0397. The molecule has 3 heterocycles. The zero-order chi connectivity index (χ0) is 21.8. The van der Waals surface area contributed by atoms with Crippen molar-refractivity contribution in [1.82, 2.24) is 20.3 Å². The lowest BCUT2D eigenvalue weighted by Crippen LogP contribution is -2.55. The first-order valence-corrected chi connectivity index (χ1v) is 10.4. The average molecular weight is 464 g/mol. The lowest BCUT2D eigenvalue weighted by molar-refractivity contribution is -0.0391. The van der Waals surface area contributed by atoms with Gasteiger partial charge < -0.3 is 25.0 Å². The van der Waals surface area contributed by atoms with Gasteiger partial charge in [0.2, 0.25) is 0 Å². The number of nitrogens with zero attached hydrogens (tertiary/aromatic N) is 3. The topological polar surface area (TPSA) is 120 Å². The number of piperidine rings is 1. The zero-order valence-corrected chi connectivity index (χ0v) is 17.5. The molecule has 2 aromatic rings. The van der Waals surface area contributed by atoms with Gasteiger partial charge in [-0.15, -0.1) is 0 Å². The second kappa shape index (κ2) is 9.67. The zero-order valence-electron chi connectivity index (χ0n) is 15.9. The minimum Gasteiger partial charge on any atom is -0.477 e. The number of imidazole rings is 1. The Hall–Kier alpha value is -2.31. The monoisotopic (exact) mass is 463 g/mol. The van der Waals surface area contributed by atoms with E-state index < -0.39 is 37.1 Å². The number of aromatic nitrogens is 3. The maximum atomic E-state index is 12.7. The minimum atomic E-state index is -2.66. The number of carboxylic acid groups (broad SMARTS) is 1. The van der Waals surface area contributed by atoms with Crippen molar-refractivity contribution in [2.24, 2.45) is 0 Å². The van der Waals surface area contributed by atoms with Crippen LogP contribution < -0.4 is 10.2 Å². The van der Waals surface area contributed by atoms with Gasteiger partial charge in [-0.25, -0.2) is 23.5 Å². The van der Waals surface area contributed by atoms with E-state index in [2.05, 4.69) is 20.3 Å². The van der Waals surface area contributed by atoms with Crippen molar-refractivity contribution in [3.05, 3.63) is 27.7 Å². The van der Waals surface area contributed by atoms with Crippen LogP contribution >= 0.6 is 22.9 Å². The van der Waals surface area contributed by atoms with E-state index in [1.807, 2.05) is 6.92 Å². The fourth-order valence-corrected chi connectivity index (χ4v) is 4.15. The van der Waals surface area contributed by atoms with Crippen molar-refractivity contribution in [1.29, 1.82) is 0 Å². The van der Waals surface area contributed by atoms with Crippen LogP contribution in [0, 0.1) is 0 Å². The van der Waals surface area contributed by atoms with Gasteiger partial charge in [0.1, 0.15) is 11.5 Å². The van der Waals surface area contributed by atoms with Crippen molar-refractivity contribution in [3.63, 3.8) is 0 Å². The van der Waals surface area contributed by atoms with E-state index in [-0.39, 0.29) is 22.4 Å². The van der Waals surface area contributed by atoms with Crippen LogP contribution in [-0.2, 0) is 11.2 Å². The molecule has 0 unspecified atom stereocenters. The first-order valence-electron chi connectivity index (χ1n) is 9.17. The Morgan fingerprint density at radius 1 is 1.53 bits per heavy atom. The summed E-state index contributed by atoms with van der Waals surface area (Å²) < 4.78 is 30.8. The Morgan fingerprint density at radius 3 is 2.90 bits per heavy atom. The van der Waals surface area contributed by atoms with Crippen molar-refractivity contribution >= 4 is 39.9 Å². The molecule has 9 nitrogen and oxygen atoms in total. The number of ether oxygens (including phenoxy) is 1. The maximum Gasteiger partial charge on any atom is 0.347 e. The van der Waals surface area contributed by atoms with E-state index in [4.69, 9.17) is 21.4 Å². The highest BCUT2D eigenvalue weighted by Gasteiger charge is 2.34. The Morgan fingerprint density at radius 2 is 2.30 bits per heavy atom. The van der Waals surface area contributed by atoms with Crippen LogP contribution in [0.5, 0.6) is 0 Å². The first-order chi connectivity index (χ1) is 14.3. The molecule has 2 atom stereocenters. The quantitative estimate of drug-likeness (QED) is 0.549. The number of carbonyl (C=O) groups excluding carboxylic acids is 1. The van der Waals surface area contributed by atoms with Crippen LogP contribution in [-0.4, -0.2) is 70.2 Å². The second-order valence-electron chi connectivity index (χ2n) is 6.60. The molecule has 1 saturated heterocycles. The number of carboxylic acids is 1. The van der Waals surface area contributed by atoms with Crippen molar-refractivity contribution in [2.45, 2.75) is 38.3 Å². The van der Waals surface area contributed by atoms with Crippen LogP contribution in [0.25, 0.3) is 0 Å². The van der Waals surface area contributed by atoms with Gasteiger partial charge in [0.05, 0.1) is 24.0 Å². The normalized spacial score (nSPS) is 19.3.